The molecule has 2 aromatic carbocycles. The minimum atomic E-state index is -0.632. The largest absolute Gasteiger partial charge is 0.497 e. The number of aromatic nitrogens is 1. The van der Waals surface area contributed by atoms with Gasteiger partial charge in [0.05, 0.1) is 36.0 Å². The van der Waals surface area contributed by atoms with Crippen LogP contribution in [0, 0.1) is 21.4 Å². The summed E-state index contributed by atoms with van der Waals surface area (Å²) in [5.74, 6) is 1.14. The molecule has 0 aliphatic carbocycles. The SMILES string of the molecule is COc1ccc(/C=C(\C#N)c2nc(-c3cc4cc([N+](=O)[O-])ccc4oc3=O)cs2)c(OC)c1. The number of hydrogen-bond donors (Lipinski definition) is 0. The van der Waals surface area contributed by atoms with E-state index in [1.165, 1.54) is 42.7 Å². The zero-order chi connectivity index (χ0) is 23.5. The van der Waals surface area contributed by atoms with Crippen LogP contribution in [0.15, 0.2) is 57.1 Å². The topological polar surface area (TPSA) is 128 Å². The summed E-state index contributed by atoms with van der Waals surface area (Å²) in [4.78, 5) is 27.5. The molecule has 2 heterocycles. The molecule has 4 rings (SSSR count). The summed E-state index contributed by atoms with van der Waals surface area (Å²) in [5.41, 5.74) is 0.857. The van der Waals surface area contributed by atoms with E-state index in [2.05, 4.69) is 11.1 Å². The molecule has 0 aliphatic rings. The number of allylic oxidation sites excluding steroid dienone is 1. The van der Waals surface area contributed by atoms with Crippen molar-refractivity contribution in [2.24, 2.45) is 0 Å². The van der Waals surface area contributed by atoms with Crippen LogP contribution < -0.4 is 15.1 Å². The maximum atomic E-state index is 12.5. The lowest BCUT2D eigenvalue weighted by Gasteiger charge is -2.07. The third kappa shape index (κ3) is 4.30. The van der Waals surface area contributed by atoms with Crippen LogP contribution in [-0.2, 0) is 0 Å². The van der Waals surface area contributed by atoms with E-state index in [1.807, 2.05) is 0 Å². The van der Waals surface area contributed by atoms with Crippen molar-refractivity contribution in [1.29, 1.82) is 5.26 Å². The van der Waals surface area contributed by atoms with Gasteiger partial charge in [-0.15, -0.1) is 11.3 Å². The van der Waals surface area contributed by atoms with Crippen LogP contribution in [0.3, 0.4) is 0 Å². The maximum Gasteiger partial charge on any atom is 0.345 e. The van der Waals surface area contributed by atoms with Crippen molar-refractivity contribution in [2.45, 2.75) is 0 Å². The van der Waals surface area contributed by atoms with Crippen LogP contribution >= 0.6 is 11.3 Å². The minimum absolute atomic E-state index is 0.121. The number of nitro groups is 1. The molecular formula is C23H15N3O6S. The van der Waals surface area contributed by atoms with Crippen LogP contribution in [0.1, 0.15) is 10.6 Å². The molecule has 0 spiro atoms. The van der Waals surface area contributed by atoms with Crippen LogP contribution in [-0.4, -0.2) is 24.1 Å². The van der Waals surface area contributed by atoms with Crippen molar-refractivity contribution in [3.05, 3.63) is 79.0 Å². The van der Waals surface area contributed by atoms with E-state index in [1.54, 1.807) is 36.8 Å². The first kappa shape index (κ1) is 21.7. The zero-order valence-corrected chi connectivity index (χ0v) is 18.2. The van der Waals surface area contributed by atoms with E-state index in [9.17, 15) is 20.2 Å². The molecular weight excluding hydrogens is 446 g/mol. The number of nitrogens with zero attached hydrogens (tertiary/aromatic N) is 3. The number of hydrogen-bond acceptors (Lipinski definition) is 9. The Morgan fingerprint density at radius 3 is 2.73 bits per heavy atom. The Bertz CT molecular complexity index is 1510. The fourth-order valence-electron chi connectivity index (χ4n) is 3.16. The third-order valence-electron chi connectivity index (χ3n) is 4.80. The van der Waals surface area contributed by atoms with Crippen LogP contribution in [0.4, 0.5) is 5.69 Å². The van der Waals surface area contributed by atoms with Gasteiger partial charge in [-0.05, 0) is 30.3 Å². The van der Waals surface area contributed by atoms with Gasteiger partial charge in [0.25, 0.3) is 5.69 Å². The molecule has 164 valence electrons. The van der Waals surface area contributed by atoms with Crippen LogP contribution in [0.25, 0.3) is 33.9 Å². The molecule has 0 unspecified atom stereocenters. The van der Waals surface area contributed by atoms with Crippen molar-refractivity contribution in [3.8, 4) is 28.8 Å². The van der Waals surface area contributed by atoms with Gasteiger partial charge >= 0.3 is 5.63 Å². The highest BCUT2D eigenvalue weighted by Gasteiger charge is 2.16. The average molecular weight is 461 g/mol. The second-order valence-corrected chi connectivity index (χ2v) is 7.60. The number of fused-ring (bicyclic) bond motifs is 1. The van der Waals surface area contributed by atoms with Gasteiger partial charge in [-0.25, -0.2) is 9.78 Å². The van der Waals surface area contributed by atoms with Gasteiger partial charge in [0.1, 0.15) is 28.2 Å². The van der Waals surface area contributed by atoms with E-state index >= 15 is 0 Å². The van der Waals surface area contributed by atoms with Gasteiger partial charge in [0.2, 0.25) is 0 Å². The molecule has 0 amide bonds. The molecule has 0 aliphatic heterocycles. The first-order valence-electron chi connectivity index (χ1n) is 9.46. The molecule has 2 aromatic heterocycles. The molecule has 0 atom stereocenters. The Morgan fingerprint density at radius 1 is 1.21 bits per heavy atom. The molecule has 0 saturated carbocycles. The number of nitriles is 1. The standard InChI is InChI=1S/C23H15N3O6S/c1-30-17-5-3-13(21(10-17)31-2)7-15(11-24)22-25-19(12-33-22)18-9-14-8-16(26(28)29)4-6-20(14)32-23(18)27/h3-10,12H,1-2H3/b15-7+. The molecule has 0 N–H and O–H groups in total. The molecule has 4 aromatic rings. The second-order valence-electron chi connectivity index (χ2n) is 6.74. The Kier molecular flexibility index (Phi) is 5.89. The quantitative estimate of drug-likeness (QED) is 0.171. The Balaban J connectivity index is 1.75. The lowest BCUT2D eigenvalue weighted by atomic mass is 10.1. The first-order valence-corrected chi connectivity index (χ1v) is 10.3. The highest BCUT2D eigenvalue weighted by molar-refractivity contribution is 7.11. The predicted molar refractivity (Wildman–Crippen MR) is 123 cm³/mol. The summed E-state index contributed by atoms with van der Waals surface area (Å²) in [7, 11) is 3.06. The smallest absolute Gasteiger partial charge is 0.345 e. The maximum absolute atomic E-state index is 12.5. The Morgan fingerprint density at radius 2 is 2.03 bits per heavy atom. The van der Waals surface area contributed by atoms with Crippen molar-refractivity contribution in [3.63, 3.8) is 0 Å². The van der Waals surface area contributed by atoms with Gasteiger partial charge in [0, 0.05) is 34.5 Å². The summed E-state index contributed by atoms with van der Waals surface area (Å²) < 4.78 is 15.9. The van der Waals surface area contributed by atoms with Gasteiger partial charge < -0.3 is 13.9 Å². The van der Waals surface area contributed by atoms with E-state index < -0.39 is 10.5 Å². The van der Waals surface area contributed by atoms with E-state index in [-0.39, 0.29) is 22.4 Å². The molecule has 10 heteroatoms. The van der Waals surface area contributed by atoms with Gasteiger partial charge in [-0.1, -0.05) is 0 Å². The van der Waals surface area contributed by atoms with Crippen molar-refractivity contribution in [1.82, 2.24) is 4.98 Å². The number of nitro benzene ring substituents is 1. The van der Waals surface area contributed by atoms with Crippen molar-refractivity contribution < 1.29 is 18.8 Å². The predicted octanol–water partition coefficient (Wildman–Crippen LogP) is 4.91. The average Bonchev–Trinajstić information content (AvgIpc) is 3.31. The second kappa shape index (κ2) is 8.94. The fourth-order valence-corrected chi connectivity index (χ4v) is 3.94. The minimum Gasteiger partial charge on any atom is -0.497 e. The molecule has 0 radical (unpaired) electrons. The molecule has 33 heavy (non-hydrogen) atoms. The molecule has 9 nitrogen and oxygen atoms in total. The molecule has 0 fully saturated rings. The Hall–Kier alpha value is -4.49. The van der Waals surface area contributed by atoms with Crippen LogP contribution in [0.5, 0.6) is 11.5 Å². The summed E-state index contributed by atoms with van der Waals surface area (Å²) in [5, 5.41) is 23.2. The monoisotopic (exact) mass is 461 g/mol. The number of benzene rings is 2. The number of rotatable bonds is 6. The summed E-state index contributed by atoms with van der Waals surface area (Å²) in [6.07, 6.45) is 1.63. The summed E-state index contributed by atoms with van der Waals surface area (Å²) in [6, 6.07) is 12.8. The molecule has 0 bridgehead atoms. The third-order valence-corrected chi connectivity index (χ3v) is 5.67. The van der Waals surface area contributed by atoms with Crippen molar-refractivity contribution in [2.75, 3.05) is 14.2 Å². The lowest BCUT2D eigenvalue weighted by Crippen LogP contribution is -2.03. The van der Waals surface area contributed by atoms with E-state index in [4.69, 9.17) is 13.9 Å². The van der Waals surface area contributed by atoms with Crippen LogP contribution in [0.2, 0.25) is 0 Å². The number of methoxy groups -OCH3 is 2. The number of thiazole rings is 1. The van der Waals surface area contributed by atoms with Gasteiger partial charge in [0.15, 0.2) is 0 Å². The van der Waals surface area contributed by atoms with Gasteiger partial charge in [-0.2, -0.15) is 5.26 Å². The number of non-ortho nitro benzene ring substituents is 1. The molecule has 0 saturated heterocycles. The highest BCUT2D eigenvalue weighted by Crippen LogP contribution is 2.31. The lowest BCUT2D eigenvalue weighted by molar-refractivity contribution is -0.384. The van der Waals surface area contributed by atoms with E-state index in [0.29, 0.717) is 33.2 Å². The Labute approximate surface area is 190 Å². The highest BCUT2D eigenvalue weighted by atomic mass is 32.1. The zero-order valence-electron chi connectivity index (χ0n) is 17.4. The van der Waals surface area contributed by atoms with Gasteiger partial charge in [-0.3, -0.25) is 10.1 Å². The summed E-state index contributed by atoms with van der Waals surface area (Å²) >= 11 is 1.18. The normalized spacial score (nSPS) is 11.2. The fraction of sp³-hybridized carbons (Fsp3) is 0.0870. The van der Waals surface area contributed by atoms with Crippen molar-refractivity contribution >= 4 is 39.6 Å². The first-order chi connectivity index (χ1) is 15.9. The summed E-state index contributed by atoms with van der Waals surface area (Å²) in [6.45, 7) is 0. The number of ether oxygens (including phenoxy) is 2. The van der Waals surface area contributed by atoms with E-state index in [0.717, 1.165) is 0 Å².